The largest absolute Gasteiger partial charge is 0.480 e. The molecule has 1 saturated carbocycles. The summed E-state index contributed by atoms with van der Waals surface area (Å²) in [5.74, 6) is -0.613. The van der Waals surface area contributed by atoms with Crippen LogP contribution >= 0.6 is 0 Å². The topological polar surface area (TPSA) is 84.6 Å². The molecule has 1 aromatic carbocycles. The molecule has 6 heteroatoms. The van der Waals surface area contributed by atoms with Crippen LogP contribution in [0.25, 0.3) is 11.3 Å². The van der Waals surface area contributed by atoms with Crippen LogP contribution in [0.4, 0.5) is 0 Å². The fourth-order valence-electron chi connectivity index (χ4n) is 3.01. The molecule has 1 N–H and O–H groups in total. The summed E-state index contributed by atoms with van der Waals surface area (Å²) >= 11 is 0. The van der Waals surface area contributed by atoms with Crippen molar-refractivity contribution in [3.05, 3.63) is 42.7 Å². The van der Waals surface area contributed by atoms with Crippen LogP contribution in [0, 0.1) is 0 Å². The van der Waals surface area contributed by atoms with Gasteiger partial charge < -0.3 is 9.52 Å². The van der Waals surface area contributed by atoms with Crippen molar-refractivity contribution in [2.24, 2.45) is 0 Å². The first-order valence-electron chi connectivity index (χ1n) is 7.09. The second-order valence-corrected chi connectivity index (χ2v) is 7.77. The first-order chi connectivity index (χ1) is 10.5. The molecule has 1 fully saturated rings. The van der Waals surface area contributed by atoms with E-state index < -0.39 is 20.6 Å². The standard InChI is InChI=1S/C16H16O5S/c17-15(18)16(9-1-2-10-16)22(19,20)13-7-5-12(6-8-13)14-4-3-11-21-14/h3-8,11H,1-2,9-10H2,(H,17,18). The molecule has 0 spiro atoms. The molecule has 0 bridgehead atoms. The summed E-state index contributed by atoms with van der Waals surface area (Å²) in [5, 5.41) is 9.47. The molecule has 1 heterocycles. The molecular weight excluding hydrogens is 304 g/mol. The van der Waals surface area contributed by atoms with Gasteiger partial charge in [0.2, 0.25) is 0 Å². The van der Waals surface area contributed by atoms with Crippen molar-refractivity contribution < 1.29 is 22.7 Å². The molecule has 0 atom stereocenters. The van der Waals surface area contributed by atoms with E-state index >= 15 is 0 Å². The lowest BCUT2D eigenvalue weighted by atomic mass is 10.1. The van der Waals surface area contributed by atoms with Gasteiger partial charge in [0.25, 0.3) is 0 Å². The fraction of sp³-hybridized carbons (Fsp3) is 0.312. The number of carbonyl (C=O) groups is 1. The molecule has 2 aromatic rings. The van der Waals surface area contributed by atoms with Gasteiger partial charge in [-0.05, 0) is 49.2 Å². The van der Waals surface area contributed by atoms with Crippen LogP contribution in [0.2, 0.25) is 0 Å². The number of sulfone groups is 1. The van der Waals surface area contributed by atoms with E-state index in [0.717, 1.165) is 5.56 Å². The van der Waals surface area contributed by atoms with Gasteiger partial charge in [-0.3, -0.25) is 4.79 Å². The summed E-state index contributed by atoms with van der Waals surface area (Å²) in [6.07, 6.45) is 3.12. The van der Waals surface area contributed by atoms with E-state index in [1.165, 1.54) is 18.4 Å². The quantitative estimate of drug-likeness (QED) is 0.935. The number of rotatable bonds is 4. The highest BCUT2D eigenvalue weighted by Gasteiger charge is 2.53. The number of furan rings is 1. The van der Waals surface area contributed by atoms with Crippen LogP contribution < -0.4 is 0 Å². The van der Waals surface area contributed by atoms with Gasteiger partial charge in [0, 0.05) is 5.56 Å². The lowest BCUT2D eigenvalue weighted by Crippen LogP contribution is -2.43. The highest BCUT2D eigenvalue weighted by Crippen LogP contribution is 2.41. The van der Waals surface area contributed by atoms with Gasteiger partial charge in [-0.1, -0.05) is 12.8 Å². The van der Waals surface area contributed by atoms with Crippen molar-refractivity contribution in [2.45, 2.75) is 35.3 Å². The first kappa shape index (κ1) is 14.8. The average Bonchev–Trinajstić information content (AvgIpc) is 3.19. The van der Waals surface area contributed by atoms with E-state index in [0.29, 0.717) is 18.6 Å². The SMILES string of the molecule is O=C(O)C1(S(=O)(=O)c2ccc(-c3ccco3)cc2)CCCC1. The summed E-state index contributed by atoms with van der Waals surface area (Å²) in [7, 11) is -3.92. The average molecular weight is 320 g/mol. The minimum atomic E-state index is -3.92. The Bertz CT molecular complexity index is 766. The smallest absolute Gasteiger partial charge is 0.325 e. The van der Waals surface area contributed by atoms with Crippen molar-refractivity contribution in [1.82, 2.24) is 0 Å². The Morgan fingerprint density at radius 2 is 1.73 bits per heavy atom. The third-order valence-electron chi connectivity index (χ3n) is 4.29. The highest BCUT2D eigenvalue weighted by atomic mass is 32.2. The van der Waals surface area contributed by atoms with Gasteiger partial charge in [0.15, 0.2) is 14.6 Å². The van der Waals surface area contributed by atoms with Gasteiger partial charge >= 0.3 is 5.97 Å². The van der Waals surface area contributed by atoms with E-state index in [4.69, 9.17) is 4.42 Å². The van der Waals surface area contributed by atoms with Crippen LogP contribution in [0.5, 0.6) is 0 Å². The number of carboxylic acids is 1. The first-order valence-corrected chi connectivity index (χ1v) is 8.58. The molecule has 0 saturated heterocycles. The van der Waals surface area contributed by atoms with Crippen LogP contribution in [0.15, 0.2) is 52.0 Å². The number of hydrogen-bond acceptors (Lipinski definition) is 4. The summed E-state index contributed by atoms with van der Waals surface area (Å²) in [6, 6.07) is 9.70. The lowest BCUT2D eigenvalue weighted by molar-refractivity contribution is -0.139. The molecule has 1 aromatic heterocycles. The van der Waals surface area contributed by atoms with Crippen molar-refractivity contribution in [1.29, 1.82) is 0 Å². The normalized spacial score (nSPS) is 17.5. The Hall–Kier alpha value is -2.08. The van der Waals surface area contributed by atoms with Crippen LogP contribution in [-0.2, 0) is 14.6 Å². The third-order valence-corrected chi connectivity index (χ3v) is 6.79. The zero-order valence-corrected chi connectivity index (χ0v) is 12.7. The Balaban J connectivity index is 2.01. The Morgan fingerprint density at radius 3 is 2.23 bits per heavy atom. The van der Waals surface area contributed by atoms with E-state index in [1.807, 2.05) is 0 Å². The molecule has 0 amide bonds. The predicted octanol–water partition coefficient (Wildman–Crippen LogP) is 3.12. The molecule has 5 nitrogen and oxygen atoms in total. The van der Waals surface area contributed by atoms with E-state index in [-0.39, 0.29) is 17.7 Å². The monoisotopic (exact) mass is 320 g/mol. The lowest BCUT2D eigenvalue weighted by Gasteiger charge is -2.23. The van der Waals surface area contributed by atoms with Crippen LogP contribution in [0.3, 0.4) is 0 Å². The molecule has 1 aliphatic rings. The minimum absolute atomic E-state index is 0.0482. The summed E-state index contributed by atoms with van der Waals surface area (Å²) < 4.78 is 29.2. The summed E-state index contributed by atoms with van der Waals surface area (Å²) in [4.78, 5) is 11.7. The molecule has 116 valence electrons. The Kier molecular flexibility index (Phi) is 3.56. The second-order valence-electron chi connectivity index (χ2n) is 5.51. The molecule has 22 heavy (non-hydrogen) atoms. The van der Waals surface area contributed by atoms with Crippen molar-refractivity contribution >= 4 is 15.8 Å². The predicted molar refractivity (Wildman–Crippen MR) is 80.2 cm³/mol. The van der Waals surface area contributed by atoms with E-state index in [2.05, 4.69) is 0 Å². The molecule has 0 unspecified atom stereocenters. The minimum Gasteiger partial charge on any atom is -0.480 e. The number of hydrogen-bond donors (Lipinski definition) is 1. The maximum absolute atomic E-state index is 12.8. The molecule has 3 rings (SSSR count). The molecule has 1 aliphatic carbocycles. The molecular formula is C16H16O5S. The summed E-state index contributed by atoms with van der Waals surface area (Å²) in [5.41, 5.74) is 0.750. The van der Waals surface area contributed by atoms with Gasteiger partial charge in [-0.15, -0.1) is 0 Å². The van der Waals surface area contributed by atoms with Gasteiger partial charge in [-0.25, -0.2) is 8.42 Å². The van der Waals surface area contributed by atoms with E-state index in [9.17, 15) is 18.3 Å². The highest BCUT2D eigenvalue weighted by molar-refractivity contribution is 7.93. The van der Waals surface area contributed by atoms with Gasteiger partial charge in [0.1, 0.15) is 5.76 Å². The van der Waals surface area contributed by atoms with Crippen molar-refractivity contribution in [3.63, 3.8) is 0 Å². The van der Waals surface area contributed by atoms with E-state index in [1.54, 1.807) is 24.3 Å². The summed E-state index contributed by atoms with van der Waals surface area (Å²) in [6.45, 7) is 0. The number of carboxylic acid groups (broad SMARTS) is 1. The Labute approximate surface area is 128 Å². The third kappa shape index (κ3) is 2.14. The maximum Gasteiger partial charge on any atom is 0.325 e. The zero-order chi connectivity index (χ0) is 15.8. The second kappa shape index (κ2) is 5.28. The van der Waals surface area contributed by atoms with Crippen molar-refractivity contribution in [2.75, 3.05) is 0 Å². The molecule has 0 radical (unpaired) electrons. The van der Waals surface area contributed by atoms with Crippen LogP contribution in [0.1, 0.15) is 25.7 Å². The van der Waals surface area contributed by atoms with Gasteiger partial charge in [-0.2, -0.15) is 0 Å². The fourth-order valence-corrected chi connectivity index (χ4v) is 5.01. The maximum atomic E-state index is 12.8. The zero-order valence-electron chi connectivity index (χ0n) is 11.9. The van der Waals surface area contributed by atoms with Crippen LogP contribution in [-0.4, -0.2) is 24.2 Å². The Morgan fingerprint density at radius 1 is 1.09 bits per heavy atom. The number of aliphatic carboxylic acids is 1. The van der Waals surface area contributed by atoms with Gasteiger partial charge in [0.05, 0.1) is 11.2 Å². The van der Waals surface area contributed by atoms with Crippen molar-refractivity contribution in [3.8, 4) is 11.3 Å². The number of benzene rings is 1. The molecule has 0 aliphatic heterocycles.